The fourth-order valence-corrected chi connectivity index (χ4v) is 5.86. The van der Waals surface area contributed by atoms with Gasteiger partial charge in [0.25, 0.3) is 0 Å². The van der Waals surface area contributed by atoms with E-state index in [2.05, 4.69) is 168 Å². The van der Waals surface area contributed by atoms with Crippen LogP contribution in [0.2, 0.25) is 0 Å². The van der Waals surface area contributed by atoms with Crippen molar-refractivity contribution in [3.05, 3.63) is 178 Å². The SMILES string of the molecule is Brc1ccc(N(c2ccc(Br)cc2)c2ccc(/C=C/c3ccc(-c4cc(-c5ccccn5)nc(-c5ccccn5)c4)cc3)cc2)cc1. The number of hydrogen-bond acceptors (Lipinski definition) is 4. The molecule has 0 aliphatic heterocycles. The second kappa shape index (κ2) is 14.1. The first-order valence-corrected chi connectivity index (χ1v) is 16.7. The summed E-state index contributed by atoms with van der Waals surface area (Å²) < 4.78 is 2.10. The predicted octanol–water partition coefficient (Wildman–Crippen LogP) is 12.0. The lowest BCUT2D eigenvalue weighted by Gasteiger charge is -2.25. The molecule has 0 radical (unpaired) electrons. The molecule has 4 nitrogen and oxygen atoms in total. The fourth-order valence-electron chi connectivity index (χ4n) is 5.33. The quantitative estimate of drug-likeness (QED) is 0.146. The van der Waals surface area contributed by atoms with Gasteiger partial charge >= 0.3 is 0 Å². The summed E-state index contributed by atoms with van der Waals surface area (Å²) in [6.45, 7) is 0. The molecule has 3 heterocycles. The molecule has 3 aromatic heterocycles. The zero-order valence-electron chi connectivity index (χ0n) is 25.2. The van der Waals surface area contributed by atoms with Gasteiger partial charge in [0.15, 0.2) is 0 Å². The molecule has 0 bridgehead atoms. The summed E-state index contributed by atoms with van der Waals surface area (Å²) in [5.74, 6) is 0. The lowest BCUT2D eigenvalue weighted by Crippen LogP contribution is -2.09. The van der Waals surface area contributed by atoms with E-state index in [0.29, 0.717) is 0 Å². The molecule has 0 aliphatic carbocycles. The van der Waals surface area contributed by atoms with Crippen LogP contribution in [0.25, 0.3) is 46.1 Å². The summed E-state index contributed by atoms with van der Waals surface area (Å²) in [5, 5.41) is 0. The highest BCUT2D eigenvalue weighted by molar-refractivity contribution is 9.10. The third-order valence-electron chi connectivity index (χ3n) is 7.71. The molecule has 0 fully saturated rings. The molecule has 226 valence electrons. The van der Waals surface area contributed by atoms with Crippen LogP contribution in [0.4, 0.5) is 17.1 Å². The number of halogens is 2. The van der Waals surface area contributed by atoms with Crippen molar-refractivity contribution in [3.63, 3.8) is 0 Å². The van der Waals surface area contributed by atoms with Crippen molar-refractivity contribution < 1.29 is 0 Å². The highest BCUT2D eigenvalue weighted by atomic mass is 79.9. The van der Waals surface area contributed by atoms with Crippen LogP contribution in [0.5, 0.6) is 0 Å². The van der Waals surface area contributed by atoms with Crippen molar-refractivity contribution in [3.8, 4) is 33.9 Å². The van der Waals surface area contributed by atoms with E-state index in [1.807, 2.05) is 36.4 Å². The van der Waals surface area contributed by atoms with Gasteiger partial charge in [0, 0.05) is 38.4 Å². The van der Waals surface area contributed by atoms with Gasteiger partial charge < -0.3 is 4.90 Å². The van der Waals surface area contributed by atoms with Gasteiger partial charge in [0.05, 0.1) is 22.8 Å². The number of anilines is 3. The van der Waals surface area contributed by atoms with Gasteiger partial charge in [-0.05, 0) is 119 Å². The van der Waals surface area contributed by atoms with Crippen molar-refractivity contribution >= 4 is 61.1 Å². The van der Waals surface area contributed by atoms with Crippen molar-refractivity contribution in [1.29, 1.82) is 0 Å². The number of pyridine rings is 3. The van der Waals surface area contributed by atoms with Crippen LogP contribution in [-0.2, 0) is 0 Å². The largest absolute Gasteiger partial charge is 0.311 e. The average molecular weight is 737 g/mol. The number of nitrogens with zero attached hydrogens (tertiary/aromatic N) is 4. The van der Waals surface area contributed by atoms with Gasteiger partial charge in [0.2, 0.25) is 0 Å². The van der Waals surface area contributed by atoms with Crippen LogP contribution >= 0.6 is 31.9 Å². The summed E-state index contributed by atoms with van der Waals surface area (Å²) in [5.41, 5.74) is 11.0. The summed E-state index contributed by atoms with van der Waals surface area (Å²) in [4.78, 5) is 16.2. The Kier molecular flexibility index (Phi) is 9.13. The smallest absolute Gasteiger partial charge is 0.0900 e. The minimum Gasteiger partial charge on any atom is -0.311 e. The van der Waals surface area contributed by atoms with Gasteiger partial charge in [-0.2, -0.15) is 0 Å². The molecular weight excluding hydrogens is 708 g/mol. The zero-order valence-corrected chi connectivity index (χ0v) is 28.4. The second-order valence-electron chi connectivity index (χ2n) is 10.9. The normalized spacial score (nSPS) is 11.1. The van der Waals surface area contributed by atoms with E-state index in [4.69, 9.17) is 4.98 Å². The highest BCUT2D eigenvalue weighted by Crippen LogP contribution is 2.36. The second-order valence-corrected chi connectivity index (χ2v) is 12.7. The van der Waals surface area contributed by atoms with Gasteiger partial charge in [-0.15, -0.1) is 0 Å². The molecule has 0 unspecified atom stereocenters. The van der Waals surface area contributed by atoms with Crippen molar-refractivity contribution in [2.45, 2.75) is 0 Å². The van der Waals surface area contributed by atoms with E-state index in [1.165, 1.54) is 0 Å². The van der Waals surface area contributed by atoms with Crippen molar-refractivity contribution in [2.24, 2.45) is 0 Å². The lowest BCUT2D eigenvalue weighted by atomic mass is 10.0. The predicted molar refractivity (Wildman–Crippen MR) is 202 cm³/mol. The van der Waals surface area contributed by atoms with E-state index >= 15 is 0 Å². The molecule has 0 aliphatic rings. The number of rotatable bonds is 8. The first kappa shape index (κ1) is 30.5. The lowest BCUT2D eigenvalue weighted by molar-refractivity contribution is 1.22. The molecule has 0 spiro atoms. The summed E-state index contributed by atoms with van der Waals surface area (Å²) in [7, 11) is 0. The third-order valence-corrected chi connectivity index (χ3v) is 8.77. The van der Waals surface area contributed by atoms with Crippen LogP contribution in [0, 0.1) is 0 Å². The molecule has 6 heteroatoms. The Labute approximate surface area is 291 Å². The number of hydrogen-bond donors (Lipinski definition) is 0. The van der Waals surface area contributed by atoms with E-state index in [1.54, 1.807) is 12.4 Å². The topological polar surface area (TPSA) is 41.9 Å². The fraction of sp³-hybridized carbons (Fsp3) is 0. The molecule has 0 atom stereocenters. The average Bonchev–Trinajstić information content (AvgIpc) is 3.14. The molecule has 4 aromatic carbocycles. The molecule has 7 rings (SSSR count). The van der Waals surface area contributed by atoms with Crippen LogP contribution in [-0.4, -0.2) is 15.0 Å². The maximum absolute atomic E-state index is 4.90. The third kappa shape index (κ3) is 7.30. The summed E-state index contributed by atoms with van der Waals surface area (Å²) in [6, 6.07) is 49.9. The summed E-state index contributed by atoms with van der Waals surface area (Å²) in [6.07, 6.45) is 7.87. The molecule has 0 saturated carbocycles. The van der Waals surface area contributed by atoms with Gasteiger partial charge in [-0.25, -0.2) is 4.98 Å². The van der Waals surface area contributed by atoms with Gasteiger partial charge in [-0.1, -0.05) is 92.5 Å². The van der Waals surface area contributed by atoms with E-state index in [0.717, 1.165) is 71.0 Å². The van der Waals surface area contributed by atoms with Gasteiger partial charge in [-0.3, -0.25) is 9.97 Å². The standard InChI is InChI=1S/C41H28Br2N4/c42-33-15-21-36(22-16-33)47(37-23-17-34(43)18-24-37)35-19-11-30(12-20-35)8-7-29-9-13-31(14-10-29)32-27-40(38-5-1-3-25-44-38)46-41(28-32)39-6-2-4-26-45-39/h1-28H/b8-7+. The molecule has 0 N–H and O–H groups in total. The first-order valence-electron chi connectivity index (χ1n) is 15.1. The Bertz CT molecular complexity index is 2010. The first-order chi connectivity index (χ1) is 23.1. The van der Waals surface area contributed by atoms with Crippen LogP contribution in [0.15, 0.2) is 167 Å². The van der Waals surface area contributed by atoms with E-state index in [9.17, 15) is 0 Å². The number of aromatic nitrogens is 3. The minimum atomic E-state index is 0.815. The zero-order chi connectivity index (χ0) is 32.0. The van der Waals surface area contributed by atoms with Gasteiger partial charge in [0.1, 0.15) is 0 Å². The van der Waals surface area contributed by atoms with E-state index < -0.39 is 0 Å². The van der Waals surface area contributed by atoms with E-state index in [-0.39, 0.29) is 0 Å². The van der Waals surface area contributed by atoms with Crippen LogP contribution < -0.4 is 4.90 Å². The molecule has 7 aromatic rings. The van der Waals surface area contributed by atoms with Crippen LogP contribution in [0.3, 0.4) is 0 Å². The molecule has 0 saturated heterocycles. The Balaban J connectivity index is 1.13. The Morgan fingerprint density at radius 1 is 0.426 bits per heavy atom. The van der Waals surface area contributed by atoms with Crippen molar-refractivity contribution in [1.82, 2.24) is 15.0 Å². The number of benzene rings is 4. The van der Waals surface area contributed by atoms with Crippen molar-refractivity contribution in [2.75, 3.05) is 4.90 Å². The maximum atomic E-state index is 4.90. The minimum absolute atomic E-state index is 0.815. The monoisotopic (exact) mass is 734 g/mol. The van der Waals surface area contributed by atoms with Crippen LogP contribution in [0.1, 0.15) is 11.1 Å². The molecular formula is C41H28Br2N4. The molecule has 0 amide bonds. The Hall–Kier alpha value is -5.17. The molecule has 47 heavy (non-hydrogen) atoms. The highest BCUT2D eigenvalue weighted by Gasteiger charge is 2.13. The maximum Gasteiger partial charge on any atom is 0.0900 e. The Morgan fingerprint density at radius 2 is 0.851 bits per heavy atom. The summed E-state index contributed by atoms with van der Waals surface area (Å²) >= 11 is 7.12. The Morgan fingerprint density at radius 3 is 1.28 bits per heavy atom.